The van der Waals surface area contributed by atoms with Crippen LogP contribution in [0.3, 0.4) is 0 Å². The molecule has 0 saturated heterocycles. The van der Waals surface area contributed by atoms with Crippen molar-refractivity contribution in [2.24, 2.45) is 0 Å². The Morgan fingerprint density at radius 1 is 0.960 bits per heavy atom. The Bertz CT molecular complexity index is 772. The molecule has 2 aromatic rings. The third kappa shape index (κ3) is 6.49. The van der Waals surface area contributed by atoms with Crippen LogP contribution in [-0.2, 0) is 28.9 Å². The minimum absolute atomic E-state index is 0.000102. The number of methoxy groups -OCH3 is 1. The zero-order valence-corrected chi connectivity index (χ0v) is 15.8. The predicted octanol–water partition coefficient (Wildman–Crippen LogP) is 2.81. The molecule has 5 nitrogen and oxygen atoms in total. The highest BCUT2D eigenvalue weighted by atomic mass is 32.2. The highest BCUT2D eigenvalue weighted by molar-refractivity contribution is 7.88. The molecule has 6 heteroatoms. The number of nitrogens with one attached hydrogen (secondary N) is 2. The van der Waals surface area contributed by atoms with Crippen molar-refractivity contribution < 1.29 is 13.2 Å². The molecule has 2 N–H and O–H groups in total. The number of sulfonamides is 1. The summed E-state index contributed by atoms with van der Waals surface area (Å²) in [4.78, 5) is 0. The van der Waals surface area contributed by atoms with Crippen LogP contribution in [0.2, 0.25) is 0 Å². The minimum atomic E-state index is -3.29. The average molecular weight is 362 g/mol. The van der Waals surface area contributed by atoms with Crippen LogP contribution >= 0.6 is 0 Å². The molecule has 0 unspecified atom stereocenters. The average Bonchev–Trinajstić information content (AvgIpc) is 2.55. The maximum absolute atomic E-state index is 11.9. The summed E-state index contributed by atoms with van der Waals surface area (Å²) in [5, 5.41) is 3.38. The number of hydrogen-bond acceptors (Lipinski definition) is 4. The van der Waals surface area contributed by atoms with Crippen molar-refractivity contribution >= 4 is 10.0 Å². The molecule has 0 spiro atoms. The molecule has 0 aliphatic rings. The fraction of sp³-hybridized carbons (Fsp3) is 0.368. The summed E-state index contributed by atoms with van der Waals surface area (Å²) in [7, 11) is -1.62. The molecule has 0 saturated carbocycles. The largest absolute Gasteiger partial charge is 0.496 e. The fourth-order valence-corrected chi connectivity index (χ4v) is 4.00. The van der Waals surface area contributed by atoms with Crippen LogP contribution in [0.1, 0.15) is 30.5 Å². The maximum atomic E-state index is 11.9. The van der Waals surface area contributed by atoms with Gasteiger partial charge in [-0.1, -0.05) is 42.5 Å². The second-order valence-corrected chi connectivity index (χ2v) is 8.02. The highest BCUT2D eigenvalue weighted by Crippen LogP contribution is 2.17. The summed E-state index contributed by atoms with van der Waals surface area (Å²) in [6.45, 7) is 5.04. The predicted molar refractivity (Wildman–Crippen MR) is 101 cm³/mol. The first-order chi connectivity index (χ1) is 11.9. The zero-order valence-electron chi connectivity index (χ0n) is 15.0. The second kappa shape index (κ2) is 8.99. The van der Waals surface area contributed by atoms with Crippen LogP contribution in [0, 0.1) is 0 Å². The summed E-state index contributed by atoms with van der Waals surface area (Å²) in [6.07, 6.45) is 0. The van der Waals surface area contributed by atoms with E-state index >= 15 is 0 Å². The minimum Gasteiger partial charge on any atom is -0.496 e. The number of rotatable bonds is 9. The lowest BCUT2D eigenvalue weighted by molar-refractivity contribution is 0.407. The van der Waals surface area contributed by atoms with Gasteiger partial charge >= 0.3 is 0 Å². The molecule has 25 heavy (non-hydrogen) atoms. The monoisotopic (exact) mass is 362 g/mol. The van der Waals surface area contributed by atoms with Crippen LogP contribution in [0.25, 0.3) is 0 Å². The number of hydrogen-bond donors (Lipinski definition) is 2. The smallest absolute Gasteiger partial charge is 0.216 e. The third-order valence-electron chi connectivity index (χ3n) is 3.63. The first-order valence-corrected chi connectivity index (χ1v) is 9.95. The van der Waals surface area contributed by atoms with E-state index in [0.29, 0.717) is 13.1 Å². The Hall–Kier alpha value is -1.89. The molecule has 0 aliphatic carbocycles. The van der Waals surface area contributed by atoms with Gasteiger partial charge in [0.05, 0.1) is 12.9 Å². The Morgan fingerprint density at radius 2 is 1.60 bits per heavy atom. The van der Waals surface area contributed by atoms with Gasteiger partial charge in [0.25, 0.3) is 0 Å². The van der Waals surface area contributed by atoms with E-state index in [9.17, 15) is 8.42 Å². The molecular weight excluding hydrogens is 336 g/mol. The fourth-order valence-electron chi connectivity index (χ4n) is 2.56. The van der Waals surface area contributed by atoms with E-state index in [-0.39, 0.29) is 11.8 Å². The molecule has 0 radical (unpaired) electrons. The maximum Gasteiger partial charge on any atom is 0.216 e. The quantitative estimate of drug-likeness (QED) is 0.720. The number of ether oxygens (including phenoxy) is 1. The molecule has 0 heterocycles. The number of para-hydroxylation sites is 1. The molecule has 0 amide bonds. The standard InChI is InChI=1S/C19H26N2O3S/c1-15(2)21-25(22,23)14-17-10-8-16(9-11-17)12-20-13-18-6-4-5-7-19(18)24-3/h4-11,15,20-21H,12-14H2,1-3H3. The zero-order chi connectivity index (χ0) is 18.3. The molecule has 0 atom stereocenters. The topological polar surface area (TPSA) is 67.4 Å². The molecule has 2 rings (SSSR count). The van der Waals surface area contributed by atoms with E-state index in [0.717, 1.165) is 22.4 Å². The first-order valence-electron chi connectivity index (χ1n) is 8.30. The normalized spacial score (nSPS) is 11.7. The van der Waals surface area contributed by atoms with Crippen LogP contribution < -0.4 is 14.8 Å². The van der Waals surface area contributed by atoms with Crippen molar-refractivity contribution in [1.82, 2.24) is 10.0 Å². The van der Waals surface area contributed by atoms with E-state index in [2.05, 4.69) is 10.0 Å². The van der Waals surface area contributed by atoms with Gasteiger partial charge in [-0.3, -0.25) is 0 Å². The van der Waals surface area contributed by atoms with E-state index in [1.54, 1.807) is 7.11 Å². The van der Waals surface area contributed by atoms with Gasteiger partial charge in [-0.25, -0.2) is 13.1 Å². The Balaban J connectivity index is 1.88. The molecule has 0 fully saturated rings. The van der Waals surface area contributed by atoms with Gasteiger partial charge in [0.2, 0.25) is 10.0 Å². The van der Waals surface area contributed by atoms with E-state index in [1.165, 1.54) is 0 Å². The van der Waals surface area contributed by atoms with Crippen molar-refractivity contribution in [1.29, 1.82) is 0 Å². The van der Waals surface area contributed by atoms with Crippen molar-refractivity contribution in [3.63, 3.8) is 0 Å². The lowest BCUT2D eigenvalue weighted by Crippen LogP contribution is -2.31. The molecule has 0 aliphatic heterocycles. The van der Waals surface area contributed by atoms with Gasteiger partial charge in [0.15, 0.2) is 0 Å². The molecule has 0 aromatic heterocycles. The van der Waals surface area contributed by atoms with Gasteiger partial charge in [-0.15, -0.1) is 0 Å². The van der Waals surface area contributed by atoms with Crippen LogP contribution in [0.5, 0.6) is 5.75 Å². The van der Waals surface area contributed by atoms with Gasteiger partial charge in [-0.2, -0.15) is 0 Å². The van der Waals surface area contributed by atoms with E-state index in [1.807, 2.05) is 62.4 Å². The summed E-state index contributed by atoms with van der Waals surface area (Å²) >= 11 is 0. The highest BCUT2D eigenvalue weighted by Gasteiger charge is 2.12. The summed E-state index contributed by atoms with van der Waals surface area (Å²) in [6, 6.07) is 15.4. The molecular formula is C19H26N2O3S. The van der Waals surface area contributed by atoms with Gasteiger partial charge in [0, 0.05) is 24.7 Å². The lowest BCUT2D eigenvalue weighted by Gasteiger charge is -2.11. The van der Waals surface area contributed by atoms with Gasteiger partial charge in [-0.05, 0) is 31.0 Å². The molecule has 136 valence electrons. The van der Waals surface area contributed by atoms with Crippen LogP contribution in [0.15, 0.2) is 48.5 Å². The van der Waals surface area contributed by atoms with Gasteiger partial charge < -0.3 is 10.1 Å². The van der Waals surface area contributed by atoms with Crippen LogP contribution in [-0.4, -0.2) is 21.6 Å². The van der Waals surface area contributed by atoms with Gasteiger partial charge in [0.1, 0.15) is 5.75 Å². The van der Waals surface area contributed by atoms with Crippen molar-refractivity contribution in [2.45, 2.75) is 38.7 Å². The Labute approximate surface area is 150 Å². The van der Waals surface area contributed by atoms with Crippen LogP contribution in [0.4, 0.5) is 0 Å². The summed E-state index contributed by atoms with van der Waals surface area (Å²) in [5.74, 6) is 0.869. The Morgan fingerprint density at radius 3 is 2.24 bits per heavy atom. The first kappa shape index (κ1) is 19.4. The van der Waals surface area contributed by atoms with Crippen molar-refractivity contribution in [3.05, 3.63) is 65.2 Å². The summed E-state index contributed by atoms with van der Waals surface area (Å²) in [5.41, 5.74) is 2.99. The van der Waals surface area contributed by atoms with E-state index in [4.69, 9.17) is 4.74 Å². The third-order valence-corrected chi connectivity index (χ3v) is 5.18. The molecule has 2 aromatic carbocycles. The second-order valence-electron chi connectivity index (χ2n) is 6.26. The van der Waals surface area contributed by atoms with Crippen molar-refractivity contribution in [3.8, 4) is 5.75 Å². The Kier molecular flexibility index (Phi) is 6.99. The van der Waals surface area contributed by atoms with E-state index < -0.39 is 10.0 Å². The molecule has 0 bridgehead atoms. The number of benzene rings is 2. The SMILES string of the molecule is COc1ccccc1CNCc1ccc(CS(=O)(=O)NC(C)C)cc1. The lowest BCUT2D eigenvalue weighted by atomic mass is 10.1. The summed E-state index contributed by atoms with van der Waals surface area (Å²) < 4.78 is 31.8. The van der Waals surface area contributed by atoms with Crippen molar-refractivity contribution in [2.75, 3.05) is 7.11 Å².